The third-order valence-electron chi connectivity index (χ3n) is 5.82. The minimum absolute atomic E-state index is 0.131. The quantitative estimate of drug-likeness (QED) is 0.118. The zero-order valence-corrected chi connectivity index (χ0v) is 21.4. The number of hydrogen-bond donors (Lipinski definition) is 2. The van der Waals surface area contributed by atoms with Crippen LogP contribution in [0.3, 0.4) is 0 Å². The maximum Gasteiger partial charge on any atom is 0.276 e. The number of unbranched alkanes of at least 4 members (excludes halogenated alkanes) is 9. The van der Waals surface area contributed by atoms with E-state index in [1.807, 2.05) is 37.3 Å². The smallest absolute Gasteiger partial charge is 0.276 e. The van der Waals surface area contributed by atoms with Crippen molar-refractivity contribution in [3.63, 3.8) is 0 Å². The molecule has 0 unspecified atom stereocenters. The molecule has 0 bridgehead atoms. The number of rotatable bonds is 16. The third-order valence-corrected chi connectivity index (χ3v) is 7.04. The Morgan fingerprint density at radius 1 is 0.824 bits per heavy atom. The van der Waals surface area contributed by atoms with Crippen LogP contribution in [0.2, 0.25) is 0 Å². The van der Waals surface area contributed by atoms with Crippen LogP contribution < -0.4 is 4.83 Å². The van der Waals surface area contributed by atoms with Gasteiger partial charge >= 0.3 is 0 Å². The molecule has 0 amide bonds. The number of benzene rings is 2. The first-order valence-electron chi connectivity index (χ1n) is 12.4. The van der Waals surface area contributed by atoms with Crippen LogP contribution in [0.4, 0.5) is 0 Å². The molecule has 2 aromatic rings. The van der Waals surface area contributed by atoms with E-state index in [-0.39, 0.29) is 4.90 Å². The molecule has 186 valence electrons. The molecular weight excluding hydrogens is 446 g/mol. The number of hydrazone groups is 1. The number of aryl methyl sites for hydroxylation is 1. The van der Waals surface area contributed by atoms with Crippen LogP contribution >= 0.6 is 0 Å². The largest absolute Gasteiger partial charge is 0.411 e. The Balaban J connectivity index is 1.97. The summed E-state index contributed by atoms with van der Waals surface area (Å²) in [7, 11) is -3.84. The standard InChI is InChI=1S/C27H39N3O3S/c1-3-4-5-6-7-8-9-10-11-15-18-26(29-31)27(24-16-13-12-14-17-24)28-30-34(32,33)25-21-19-23(2)20-22-25/h12-14,16-17,19-22,30-31H,3-11,15,18H2,1-2H3. The molecule has 2 N–H and O–H groups in total. The van der Waals surface area contributed by atoms with E-state index in [9.17, 15) is 13.6 Å². The Bertz CT molecular complexity index is 1000. The van der Waals surface area contributed by atoms with Gasteiger partial charge in [0.2, 0.25) is 0 Å². The molecule has 7 heteroatoms. The number of nitrogens with zero attached hydrogens (tertiary/aromatic N) is 2. The Kier molecular flexibility index (Phi) is 12.4. The first-order chi connectivity index (χ1) is 16.5. The SMILES string of the molecule is CCCCCCCCCCCCC(=NO)C(=NNS(=O)(=O)c1ccc(C)cc1)c1ccccc1. The summed E-state index contributed by atoms with van der Waals surface area (Å²) in [6.07, 6.45) is 12.6. The van der Waals surface area contributed by atoms with Gasteiger partial charge in [0.1, 0.15) is 11.4 Å². The van der Waals surface area contributed by atoms with E-state index >= 15 is 0 Å². The Hall–Kier alpha value is -2.67. The van der Waals surface area contributed by atoms with Crippen LogP contribution in [0.25, 0.3) is 0 Å². The minimum atomic E-state index is -3.84. The van der Waals surface area contributed by atoms with E-state index in [1.54, 1.807) is 24.3 Å². The second kappa shape index (κ2) is 15.3. The highest BCUT2D eigenvalue weighted by Crippen LogP contribution is 2.14. The Morgan fingerprint density at radius 2 is 1.38 bits per heavy atom. The molecule has 34 heavy (non-hydrogen) atoms. The molecule has 0 aliphatic carbocycles. The zero-order chi connectivity index (χ0) is 24.7. The van der Waals surface area contributed by atoms with Gasteiger partial charge in [-0.2, -0.15) is 18.4 Å². The van der Waals surface area contributed by atoms with Crippen LogP contribution in [0.5, 0.6) is 0 Å². The normalized spacial score (nSPS) is 12.6. The van der Waals surface area contributed by atoms with Gasteiger partial charge in [0, 0.05) is 5.56 Å². The summed E-state index contributed by atoms with van der Waals surface area (Å²) in [5, 5.41) is 17.4. The van der Waals surface area contributed by atoms with Gasteiger partial charge < -0.3 is 5.21 Å². The maximum absolute atomic E-state index is 12.7. The van der Waals surface area contributed by atoms with Crippen molar-refractivity contribution >= 4 is 21.4 Å². The summed E-state index contributed by atoms with van der Waals surface area (Å²) >= 11 is 0. The predicted octanol–water partition coefficient (Wildman–Crippen LogP) is 6.82. The first-order valence-corrected chi connectivity index (χ1v) is 13.9. The molecule has 0 aromatic heterocycles. The predicted molar refractivity (Wildman–Crippen MR) is 140 cm³/mol. The van der Waals surface area contributed by atoms with Crippen molar-refractivity contribution < 1.29 is 13.6 Å². The van der Waals surface area contributed by atoms with Crippen LogP contribution in [0.15, 0.2) is 69.7 Å². The number of hydrogen-bond acceptors (Lipinski definition) is 5. The summed E-state index contributed by atoms with van der Waals surface area (Å²) < 4.78 is 25.4. The summed E-state index contributed by atoms with van der Waals surface area (Å²) in [5.41, 5.74) is 2.36. The molecule has 0 saturated heterocycles. The average molecular weight is 486 g/mol. The molecule has 0 heterocycles. The van der Waals surface area contributed by atoms with Crippen LogP contribution in [0.1, 0.15) is 88.7 Å². The van der Waals surface area contributed by atoms with Gasteiger partial charge in [0.05, 0.1) is 4.90 Å². The van der Waals surface area contributed by atoms with Crippen molar-refractivity contribution in [3.8, 4) is 0 Å². The summed E-state index contributed by atoms with van der Waals surface area (Å²) in [5.74, 6) is 0. The van der Waals surface area contributed by atoms with Gasteiger partial charge in [-0.15, -0.1) is 0 Å². The summed E-state index contributed by atoms with van der Waals surface area (Å²) in [6.45, 7) is 4.13. The molecule has 6 nitrogen and oxygen atoms in total. The highest BCUT2D eigenvalue weighted by Gasteiger charge is 2.17. The zero-order valence-electron chi connectivity index (χ0n) is 20.5. The van der Waals surface area contributed by atoms with E-state index in [0.717, 1.165) is 24.8 Å². The van der Waals surface area contributed by atoms with Crippen molar-refractivity contribution in [3.05, 3.63) is 65.7 Å². The summed E-state index contributed by atoms with van der Waals surface area (Å²) in [6, 6.07) is 15.8. The van der Waals surface area contributed by atoms with Crippen molar-refractivity contribution in [2.45, 2.75) is 89.4 Å². The summed E-state index contributed by atoms with van der Waals surface area (Å²) in [4.78, 5) is 2.45. The lowest BCUT2D eigenvalue weighted by Crippen LogP contribution is -2.24. The van der Waals surface area contributed by atoms with Gasteiger partial charge in [-0.3, -0.25) is 0 Å². The van der Waals surface area contributed by atoms with Gasteiger partial charge in [0.15, 0.2) is 0 Å². The van der Waals surface area contributed by atoms with Crippen LogP contribution in [0, 0.1) is 6.92 Å². The molecule has 0 spiro atoms. The lowest BCUT2D eigenvalue weighted by Gasteiger charge is -2.11. The van der Waals surface area contributed by atoms with E-state index in [1.165, 1.54) is 44.9 Å². The molecular formula is C27H39N3O3S. The third kappa shape index (κ3) is 9.67. The fourth-order valence-electron chi connectivity index (χ4n) is 3.76. The lowest BCUT2D eigenvalue weighted by atomic mass is 10.00. The second-order valence-electron chi connectivity index (χ2n) is 8.71. The van der Waals surface area contributed by atoms with Gasteiger partial charge in [0.25, 0.3) is 10.0 Å². The van der Waals surface area contributed by atoms with E-state index < -0.39 is 10.0 Å². The fourth-order valence-corrected chi connectivity index (χ4v) is 4.57. The molecule has 0 radical (unpaired) electrons. The second-order valence-corrected chi connectivity index (χ2v) is 10.4. The van der Waals surface area contributed by atoms with Crippen molar-refractivity contribution in [2.75, 3.05) is 0 Å². The van der Waals surface area contributed by atoms with Gasteiger partial charge in [-0.1, -0.05) is 118 Å². The molecule has 0 atom stereocenters. The van der Waals surface area contributed by atoms with Crippen LogP contribution in [-0.2, 0) is 10.0 Å². The van der Waals surface area contributed by atoms with Crippen molar-refractivity contribution in [1.82, 2.24) is 4.83 Å². The van der Waals surface area contributed by atoms with Crippen LogP contribution in [-0.4, -0.2) is 25.0 Å². The molecule has 2 aromatic carbocycles. The molecule has 2 rings (SSSR count). The van der Waals surface area contributed by atoms with E-state index in [4.69, 9.17) is 0 Å². The number of sulfonamides is 1. The van der Waals surface area contributed by atoms with Gasteiger partial charge in [-0.25, -0.2) is 0 Å². The topological polar surface area (TPSA) is 91.1 Å². The number of oxime groups is 1. The molecule has 0 saturated carbocycles. The van der Waals surface area contributed by atoms with Crippen molar-refractivity contribution in [2.24, 2.45) is 10.3 Å². The van der Waals surface area contributed by atoms with E-state index in [0.29, 0.717) is 23.4 Å². The number of nitrogens with one attached hydrogen (secondary N) is 1. The lowest BCUT2D eigenvalue weighted by molar-refractivity contribution is 0.318. The Morgan fingerprint density at radius 3 is 1.94 bits per heavy atom. The Labute approximate surface area is 205 Å². The first kappa shape index (κ1) is 27.6. The monoisotopic (exact) mass is 485 g/mol. The molecule has 0 aliphatic heterocycles. The minimum Gasteiger partial charge on any atom is -0.411 e. The molecule has 0 aliphatic rings. The average Bonchev–Trinajstić information content (AvgIpc) is 2.84. The highest BCUT2D eigenvalue weighted by atomic mass is 32.2. The maximum atomic E-state index is 12.7. The van der Waals surface area contributed by atoms with E-state index in [2.05, 4.69) is 22.0 Å². The fraction of sp³-hybridized carbons (Fsp3) is 0.481. The highest BCUT2D eigenvalue weighted by molar-refractivity contribution is 7.89. The molecule has 0 fully saturated rings. The van der Waals surface area contributed by atoms with Crippen molar-refractivity contribution in [1.29, 1.82) is 0 Å². The van der Waals surface area contributed by atoms with Gasteiger partial charge in [-0.05, 0) is 31.9 Å².